The third kappa shape index (κ3) is 7.53. The van der Waals surface area contributed by atoms with Gasteiger partial charge in [0.1, 0.15) is 0 Å². The predicted molar refractivity (Wildman–Crippen MR) is 106 cm³/mol. The van der Waals surface area contributed by atoms with E-state index < -0.39 is 0 Å². The molecule has 146 valence electrons. The van der Waals surface area contributed by atoms with E-state index >= 15 is 0 Å². The average Bonchev–Trinajstić information content (AvgIpc) is 2.59. The van der Waals surface area contributed by atoms with Crippen molar-refractivity contribution in [2.75, 3.05) is 59.5 Å². The Balaban J connectivity index is 1.75. The van der Waals surface area contributed by atoms with E-state index in [1.54, 1.807) is 0 Å². The first kappa shape index (κ1) is 20.5. The largest absolute Gasteiger partial charge is 0.381 e. The molecule has 2 aliphatic rings. The van der Waals surface area contributed by atoms with Crippen LogP contribution >= 0.6 is 0 Å². The molecular formula is C20H40N4O. The summed E-state index contributed by atoms with van der Waals surface area (Å²) in [6.07, 6.45) is 5.04. The molecule has 5 nitrogen and oxygen atoms in total. The third-order valence-corrected chi connectivity index (χ3v) is 5.53. The number of hydrogen-bond donors (Lipinski definition) is 1. The molecule has 2 rings (SSSR count). The molecule has 0 amide bonds. The van der Waals surface area contributed by atoms with Crippen LogP contribution in [0.3, 0.4) is 0 Å². The van der Waals surface area contributed by atoms with Crippen molar-refractivity contribution in [2.45, 2.75) is 46.5 Å². The van der Waals surface area contributed by atoms with Crippen LogP contribution in [0.4, 0.5) is 0 Å². The Morgan fingerprint density at radius 1 is 1.20 bits per heavy atom. The smallest absolute Gasteiger partial charge is 0.193 e. The molecular weight excluding hydrogens is 312 g/mol. The molecule has 0 bridgehead atoms. The van der Waals surface area contributed by atoms with Gasteiger partial charge < -0.3 is 19.9 Å². The minimum atomic E-state index is 0.815. The van der Waals surface area contributed by atoms with Gasteiger partial charge in [0, 0.05) is 53.0 Å². The Bertz CT molecular complexity index is 385. The number of hydrogen-bond acceptors (Lipinski definition) is 3. The van der Waals surface area contributed by atoms with Gasteiger partial charge in [-0.05, 0) is 50.4 Å². The number of likely N-dealkylation sites (tertiary alicyclic amines) is 1. The van der Waals surface area contributed by atoms with E-state index in [4.69, 9.17) is 9.73 Å². The topological polar surface area (TPSA) is 40.1 Å². The summed E-state index contributed by atoms with van der Waals surface area (Å²) in [5, 5.41) is 3.46. The molecule has 0 aromatic heterocycles. The molecule has 2 atom stereocenters. The second kappa shape index (κ2) is 11.0. The van der Waals surface area contributed by atoms with E-state index in [2.05, 4.69) is 42.9 Å². The van der Waals surface area contributed by atoms with Gasteiger partial charge in [-0.1, -0.05) is 13.8 Å². The van der Waals surface area contributed by atoms with Crippen LogP contribution < -0.4 is 5.32 Å². The monoisotopic (exact) mass is 352 g/mol. The molecule has 25 heavy (non-hydrogen) atoms. The van der Waals surface area contributed by atoms with Gasteiger partial charge in [-0.25, -0.2) is 0 Å². The van der Waals surface area contributed by atoms with Crippen LogP contribution in [0.2, 0.25) is 0 Å². The molecule has 5 heteroatoms. The first-order valence-electron chi connectivity index (χ1n) is 10.4. The SMILES string of the molecule is CCNC(=NCCN1CC(C)CC(C)C1)N(C)CCC1CCOCC1. The third-order valence-electron chi connectivity index (χ3n) is 5.53. The van der Waals surface area contributed by atoms with Crippen molar-refractivity contribution in [3.63, 3.8) is 0 Å². The second-order valence-corrected chi connectivity index (χ2v) is 8.21. The fourth-order valence-electron chi connectivity index (χ4n) is 4.26. The van der Waals surface area contributed by atoms with E-state index in [0.29, 0.717) is 0 Å². The minimum absolute atomic E-state index is 0.815. The molecule has 2 unspecified atom stereocenters. The maximum atomic E-state index is 5.46. The number of rotatable bonds is 7. The maximum absolute atomic E-state index is 5.46. The van der Waals surface area contributed by atoms with Gasteiger partial charge in [-0.15, -0.1) is 0 Å². The zero-order chi connectivity index (χ0) is 18.1. The molecule has 0 aromatic rings. The summed E-state index contributed by atoms with van der Waals surface area (Å²) < 4.78 is 5.46. The van der Waals surface area contributed by atoms with Crippen molar-refractivity contribution in [1.29, 1.82) is 0 Å². The molecule has 1 N–H and O–H groups in total. The summed E-state index contributed by atoms with van der Waals surface area (Å²) in [6.45, 7) is 15.2. The highest BCUT2D eigenvalue weighted by Crippen LogP contribution is 2.20. The molecule has 2 aliphatic heterocycles. The zero-order valence-corrected chi connectivity index (χ0v) is 17.0. The Morgan fingerprint density at radius 3 is 2.52 bits per heavy atom. The van der Waals surface area contributed by atoms with Crippen molar-refractivity contribution >= 4 is 5.96 Å². The van der Waals surface area contributed by atoms with Gasteiger partial charge >= 0.3 is 0 Å². The van der Waals surface area contributed by atoms with Crippen molar-refractivity contribution in [3.8, 4) is 0 Å². The molecule has 0 spiro atoms. The van der Waals surface area contributed by atoms with Crippen LogP contribution in [-0.4, -0.2) is 75.3 Å². The molecule has 2 heterocycles. The number of nitrogens with zero attached hydrogens (tertiary/aromatic N) is 3. The van der Waals surface area contributed by atoms with Crippen molar-refractivity contribution in [3.05, 3.63) is 0 Å². The van der Waals surface area contributed by atoms with Gasteiger partial charge in [-0.3, -0.25) is 4.99 Å². The Hall–Kier alpha value is -0.810. The molecule has 2 saturated heterocycles. The fraction of sp³-hybridized carbons (Fsp3) is 0.950. The highest BCUT2D eigenvalue weighted by molar-refractivity contribution is 5.79. The van der Waals surface area contributed by atoms with Crippen LogP contribution in [0.5, 0.6) is 0 Å². The van der Waals surface area contributed by atoms with Crippen molar-refractivity contribution < 1.29 is 4.74 Å². The molecule has 2 fully saturated rings. The number of aliphatic imine (C=N–C) groups is 1. The molecule has 0 aromatic carbocycles. The van der Waals surface area contributed by atoms with Crippen LogP contribution in [0.25, 0.3) is 0 Å². The first-order chi connectivity index (χ1) is 12.1. The van der Waals surface area contributed by atoms with Gasteiger partial charge in [0.05, 0.1) is 6.54 Å². The van der Waals surface area contributed by atoms with E-state index in [1.807, 2.05) is 0 Å². The Kier molecular flexibility index (Phi) is 9.04. The second-order valence-electron chi connectivity index (χ2n) is 8.21. The lowest BCUT2D eigenvalue weighted by Crippen LogP contribution is -2.42. The molecule has 0 saturated carbocycles. The van der Waals surface area contributed by atoms with Gasteiger partial charge in [0.25, 0.3) is 0 Å². The summed E-state index contributed by atoms with van der Waals surface area (Å²) in [5.41, 5.74) is 0. The van der Waals surface area contributed by atoms with Crippen molar-refractivity contribution in [1.82, 2.24) is 15.1 Å². The highest BCUT2D eigenvalue weighted by atomic mass is 16.5. The maximum Gasteiger partial charge on any atom is 0.193 e. The van der Waals surface area contributed by atoms with Gasteiger partial charge in [0.15, 0.2) is 5.96 Å². The normalized spacial score (nSPS) is 26.6. The van der Waals surface area contributed by atoms with Gasteiger partial charge in [0.2, 0.25) is 0 Å². The number of nitrogens with one attached hydrogen (secondary N) is 1. The first-order valence-corrected chi connectivity index (χ1v) is 10.4. The quantitative estimate of drug-likeness (QED) is 0.565. The van der Waals surface area contributed by atoms with Crippen LogP contribution in [0.1, 0.15) is 46.5 Å². The summed E-state index contributed by atoms with van der Waals surface area (Å²) in [4.78, 5) is 9.78. The predicted octanol–water partition coefficient (Wildman–Crippen LogP) is 2.68. The average molecular weight is 353 g/mol. The summed E-state index contributed by atoms with van der Waals surface area (Å²) in [5.74, 6) is 3.52. The zero-order valence-electron chi connectivity index (χ0n) is 17.0. The lowest BCUT2D eigenvalue weighted by atomic mass is 9.92. The Labute approximate surface area is 155 Å². The van der Waals surface area contributed by atoms with E-state index in [0.717, 1.165) is 63.1 Å². The van der Waals surface area contributed by atoms with Crippen molar-refractivity contribution in [2.24, 2.45) is 22.7 Å². The van der Waals surface area contributed by atoms with E-state index in [1.165, 1.54) is 38.8 Å². The highest BCUT2D eigenvalue weighted by Gasteiger charge is 2.21. The van der Waals surface area contributed by atoms with Crippen LogP contribution in [0, 0.1) is 17.8 Å². The number of guanidine groups is 1. The van der Waals surface area contributed by atoms with E-state index in [-0.39, 0.29) is 0 Å². The Morgan fingerprint density at radius 2 is 1.88 bits per heavy atom. The molecule has 0 aliphatic carbocycles. The molecule has 0 radical (unpaired) electrons. The fourth-order valence-corrected chi connectivity index (χ4v) is 4.26. The minimum Gasteiger partial charge on any atom is -0.381 e. The standard InChI is InChI=1S/C20H40N4O/c1-5-21-20(23(4)10-6-19-7-12-25-13-8-19)22-9-11-24-15-17(2)14-18(3)16-24/h17-19H,5-16H2,1-4H3,(H,21,22). The lowest BCUT2D eigenvalue weighted by molar-refractivity contribution is 0.0625. The number of piperidine rings is 1. The van der Waals surface area contributed by atoms with Crippen LogP contribution in [-0.2, 0) is 4.74 Å². The van der Waals surface area contributed by atoms with E-state index in [9.17, 15) is 0 Å². The number of ether oxygens (including phenoxy) is 1. The van der Waals surface area contributed by atoms with Crippen LogP contribution in [0.15, 0.2) is 4.99 Å². The summed E-state index contributed by atoms with van der Waals surface area (Å²) in [6, 6.07) is 0. The summed E-state index contributed by atoms with van der Waals surface area (Å²) in [7, 11) is 2.17. The van der Waals surface area contributed by atoms with Gasteiger partial charge in [-0.2, -0.15) is 0 Å². The summed E-state index contributed by atoms with van der Waals surface area (Å²) >= 11 is 0. The lowest BCUT2D eigenvalue weighted by Gasteiger charge is -2.34.